The van der Waals surface area contributed by atoms with Gasteiger partial charge >= 0.3 is 0 Å². The van der Waals surface area contributed by atoms with Crippen LogP contribution in [0.4, 0.5) is 0 Å². The van der Waals surface area contributed by atoms with Crippen molar-refractivity contribution >= 4 is 28.4 Å². The number of hydrogen-bond acceptors (Lipinski definition) is 4. The van der Waals surface area contributed by atoms with E-state index in [1.165, 1.54) is 11.8 Å². The fourth-order valence-electron chi connectivity index (χ4n) is 2.40. The topological polar surface area (TPSA) is 53.4 Å². The summed E-state index contributed by atoms with van der Waals surface area (Å²) in [5, 5.41) is 12.6. The van der Waals surface area contributed by atoms with Crippen LogP contribution in [0, 0.1) is 0 Å². The summed E-state index contributed by atoms with van der Waals surface area (Å²) in [5.41, 5.74) is 0. The molecular formula is C15H16N2O2S. The van der Waals surface area contributed by atoms with E-state index in [1.807, 2.05) is 30.3 Å². The fourth-order valence-corrected chi connectivity index (χ4v) is 3.32. The second-order valence-electron chi connectivity index (χ2n) is 4.91. The molecule has 0 saturated carbocycles. The van der Waals surface area contributed by atoms with Crippen LogP contribution in [-0.2, 0) is 4.79 Å². The number of carbonyl (C=O) groups is 1. The van der Waals surface area contributed by atoms with E-state index in [0.717, 1.165) is 15.8 Å². The van der Waals surface area contributed by atoms with Crippen LogP contribution < -0.4 is 0 Å². The lowest BCUT2D eigenvalue weighted by Gasteiger charge is -2.15. The highest BCUT2D eigenvalue weighted by Crippen LogP contribution is 2.26. The van der Waals surface area contributed by atoms with Crippen molar-refractivity contribution in [2.24, 2.45) is 0 Å². The van der Waals surface area contributed by atoms with Crippen molar-refractivity contribution in [2.45, 2.75) is 17.6 Å². The molecule has 0 bridgehead atoms. The molecule has 0 aliphatic carbocycles. The number of likely N-dealkylation sites (tertiary alicyclic amines) is 1. The maximum atomic E-state index is 12.1. The number of hydrogen-bond donors (Lipinski definition) is 1. The van der Waals surface area contributed by atoms with Crippen LogP contribution in [0.25, 0.3) is 10.8 Å². The first-order chi connectivity index (χ1) is 9.74. The maximum Gasteiger partial charge on any atom is 0.233 e. The Morgan fingerprint density at radius 1 is 1.40 bits per heavy atom. The van der Waals surface area contributed by atoms with Crippen LogP contribution in [0.2, 0.25) is 0 Å². The van der Waals surface area contributed by atoms with E-state index >= 15 is 0 Å². The molecule has 5 heteroatoms. The van der Waals surface area contributed by atoms with Crippen molar-refractivity contribution in [3.8, 4) is 0 Å². The van der Waals surface area contributed by atoms with E-state index in [2.05, 4.69) is 4.98 Å². The number of rotatable bonds is 3. The van der Waals surface area contributed by atoms with Gasteiger partial charge < -0.3 is 10.0 Å². The van der Waals surface area contributed by atoms with E-state index in [0.29, 0.717) is 25.3 Å². The molecule has 0 unspecified atom stereocenters. The highest BCUT2D eigenvalue weighted by molar-refractivity contribution is 8.00. The second-order valence-corrected chi connectivity index (χ2v) is 5.87. The summed E-state index contributed by atoms with van der Waals surface area (Å²) < 4.78 is 0. The molecule has 1 N–H and O–H groups in total. The molecule has 1 aliphatic rings. The highest BCUT2D eigenvalue weighted by Gasteiger charge is 2.24. The van der Waals surface area contributed by atoms with Crippen molar-refractivity contribution < 1.29 is 9.90 Å². The summed E-state index contributed by atoms with van der Waals surface area (Å²) >= 11 is 1.46. The summed E-state index contributed by atoms with van der Waals surface area (Å²) in [4.78, 5) is 18.2. The van der Waals surface area contributed by atoms with Crippen LogP contribution >= 0.6 is 11.8 Å². The number of nitrogens with zero attached hydrogens (tertiary/aromatic N) is 2. The molecule has 104 valence electrons. The summed E-state index contributed by atoms with van der Waals surface area (Å²) in [6, 6.07) is 10.0. The molecule has 0 spiro atoms. The first-order valence-electron chi connectivity index (χ1n) is 6.66. The molecule has 1 saturated heterocycles. The summed E-state index contributed by atoms with van der Waals surface area (Å²) in [6.45, 7) is 1.12. The third kappa shape index (κ3) is 2.78. The lowest BCUT2D eigenvalue weighted by Crippen LogP contribution is -2.30. The molecule has 1 atom stereocenters. The minimum absolute atomic E-state index is 0.0706. The quantitative estimate of drug-likeness (QED) is 0.877. The van der Waals surface area contributed by atoms with Crippen molar-refractivity contribution in [2.75, 3.05) is 18.8 Å². The van der Waals surface area contributed by atoms with Gasteiger partial charge in [0.25, 0.3) is 0 Å². The molecule has 1 fully saturated rings. The van der Waals surface area contributed by atoms with E-state index in [4.69, 9.17) is 0 Å². The zero-order valence-corrected chi connectivity index (χ0v) is 11.8. The van der Waals surface area contributed by atoms with Crippen LogP contribution in [-0.4, -0.2) is 45.8 Å². The number of pyridine rings is 1. The minimum atomic E-state index is -0.361. The van der Waals surface area contributed by atoms with Gasteiger partial charge in [-0.3, -0.25) is 4.79 Å². The van der Waals surface area contributed by atoms with Crippen LogP contribution in [0.1, 0.15) is 6.42 Å². The summed E-state index contributed by atoms with van der Waals surface area (Å²) in [5.74, 6) is 0.439. The average Bonchev–Trinajstić information content (AvgIpc) is 2.91. The van der Waals surface area contributed by atoms with Crippen molar-refractivity contribution in [3.05, 3.63) is 36.5 Å². The molecular weight excluding hydrogens is 272 g/mol. The predicted molar refractivity (Wildman–Crippen MR) is 79.7 cm³/mol. The smallest absolute Gasteiger partial charge is 0.233 e. The number of fused-ring (bicyclic) bond motifs is 1. The standard InChI is InChI=1S/C15H16N2O2S/c18-12-6-8-17(9-12)14(19)10-20-15-13-4-2-1-3-11(13)5-7-16-15/h1-5,7,12,18H,6,8-10H2/t12-/m0/s1. The van der Waals surface area contributed by atoms with Gasteiger partial charge in [-0.2, -0.15) is 0 Å². The molecule has 4 nitrogen and oxygen atoms in total. The molecule has 0 radical (unpaired) electrons. The Labute approximate surface area is 121 Å². The van der Waals surface area contributed by atoms with Gasteiger partial charge in [-0.1, -0.05) is 36.0 Å². The van der Waals surface area contributed by atoms with E-state index in [-0.39, 0.29) is 12.0 Å². The van der Waals surface area contributed by atoms with E-state index in [9.17, 15) is 9.90 Å². The summed E-state index contributed by atoms with van der Waals surface area (Å²) in [7, 11) is 0. The fraction of sp³-hybridized carbons (Fsp3) is 0.333. The maximum absolute atomic E-state index is 12.1. The van der Waals surface area contributed by atoms with Gasteiger partial charge in [0.1, 0.15) is 5.03 Å². The van der Waals surface area contributed by atoms with Gasteiger partial charge in [0.2, 0.25) is 5.91 Å². The SMILES string of the molecule is O=C(CSc1nccc2ccccc12)N1CC[C@H](O)C1. The minimum Gasteiger partial charge on any atom is -0.391 e. The van der Waals surface area contributed by atoms with Crippen LogP contribution in [0.3, 0.4) is 0 Å². The number of thioether (sulfide) groups is 1. The molecule has 1 aromatic carbocycles. The monoisotopic (exact) mass is 288 g/mol. The second kappa shape index (κ2) is 5.81. The lowest BCUT2D eigenvalue weighted by molar-refractivity contribution is -0.127. The Kier molecular flexibility index (Phi) is 3.89. The van der Waals surface area contributed by atoms with Gasteiger partial charge in [-0.05, 0) is 17.9 Å². The molecule has 1 amide bonds. The van der Waals surface area contributed by atoms with Crippen LogP contribution in [0.15, 0.2) is 41.6 Å². The van der Waals surface area contributed by atoms with Crippen molar-refractivity contribution in [1.29, 1.82) is 0 Å². The Morgan fingerprint density at radius 2 is 2.25 bits per heavy atom. The number of β-amino-alcohol motifs (C(OH)–C–C–N with tert-alkyl or cyclic N) is 1. The molecule has 1 aliphatic heterocycles. The predicted octanol–water partition coefficient (Wildman–Crippen LogP) is 1.92. The van der Waals surface area contributed by atoms with Gasteiger partial charge in [-0.25, -0.2) is 4.98 Å². The molecule has 2 aromatic rings. The highest BCUT2D eigenvalue weighted by atomic mass is 32.2. The van der Waals surface area contributed by atoms with E-state index in [1.54, 1.807) is 11.1 Å². The number of carbonyl (C=O) groups excluding carboxylic acids is 1. The number of aliphatic hydroxyl groups excluding tert-OH is 1. The number of aliphatic hydroxyl groups is 1. The molecule has 2 heterocycles. The van der Waals surface area contributed by atoms with Gasteiger partial charge in [0, 0.05) is 24.7 Å². The van der Waals surface area contributed by atoms with Crippen molar-refractivity contribution in [1.82, 2.24) is 9.88 Å². The Bertz CT molecular complexity index is 627. The molecule has 1 aromatic heterocycles. The number of aromatic nitrogens is 1. The normalized spacial score (nSPS) is 18.6. The molecule has 3 rings (SSSR count). The number of benzene rings is 1. The molecule has 20 heavy (non-hydrogen) atoms. The zero-order valence-electron chi connectivity index (χ0n) is 11.0. The third-order valence-electron chi connectivity index (χ3n) is 3.49. The Balaban J connectivity index is 1.69. The number of amides is 1. The van der Waals surface area contributed by atoms with Gasteiger partial charge in [0.05, 0.1) is 11.9 Å². The largest absolute Gasteiger partial charge is 0.391 e. The zero-order chi connectivity index (χ0) is 13.9. The van der Waals surface area contributed by atoms with E-state index < -0.39 is 0 Å². The third-order valence-corrected chi connectivity index (χ3v) is 4.48. The summed E-state index contributed by atoms with van der Waals surface area (Å²) in [6.07, 6.45) is 2.09. The first kappa shape index (κ1) is 13.4. The van der Waals surface area contributed by atoms with Crippen molar-refractivity contribution in [3.63, 3.8) is 0 Å². The van der Waals surface area contributed by atoms with Crippen LogP contribution in [0.5, 0.6) is 0 Å². The Hall–Kier alpha value is -1.59. The lowest BCUT2D eigenvalue weighted by atomic mass is 10.2. The first-order valence-corrected chi connectivity index (χ1v) is 7.65. The van der Waals surface area contributed by atoms with Gasteiger partial charge in [0.15, 0.2) is 0 Å². The Morgan fingerprint density at radius 3 is 3.05 bits per heavy atom. The average molecular weight is 288 g/mol. The van der Waals surface area contributed by atoms with Gasteiger partial charge in [-0.15, -0.1) is 0 Å².